The normalized spacial score (nSPS) is 21.8. The maximum Gasteiger partial charge on any atom is 0.248 e. The Hall–Kier alpha value is -4.63. The first kappa shape index (κ1) is 27.5. The summed E-state index contributed by atoms with van der Waals surface area (Å²) in [6.07, 6.45) is 3.27. The summed E-state index contributed by atoms with van der Waals surface area (Å²) in [5, 5.41) is 28.3. The zero-order chi connectivity index (χ0) is 29.8. The van der Waals surface area contributed by atoms with E-state index in [0.29, 0.717) is 42.1 Å². The minimum absolute atomic E-state index is 0.0695. The number of carbonyl (C=O) groups excluding carboxylic acids is 3. The summed E-state index contributed by atoms with van der Waals surface area (Å²) in [5.74, 6) is -0.231. The van der Waals surface area contributed by atoms with Gasteiger partial charge in [0, 0.05) is 22.7 Å². The number of likely N-dealkylation sites (tertiary alicyclic amines) is 1. The zero-order valence-corrected chi connectivity index (χ0v) is 23.6. The number of aryl methyl sites for hydroxylation is 2. The Bertz CT molecular complexity index is 1560. The number of tetrazole rings is 1. The molecule has 0 radical (unpaired) electrons. The molecule has 3 atom stereocenters. The van der Waals surface area contributed by atoms with E-state index in [1.807, 2.05) is 38.1 Å². The molecule has 2 fully saturated rings. The van der Waals surface area contributed by atoms with Crippen LogP contribution in [0.15, 0.2) is 36.4 Å². The Morgan fingerprint density at radius 3 is 2.21 bits per heavy atom. The molecule has 42 heavy (non-hydrogen) atoms. The molecule has 2 aromatic carbocycles. The molecule has 1 saturated heterocycles. The number of nitrogens with two attached hydrogens (primary N) is 2. The van der Waals surface area contributed by atoms with E-state index >= 15 is 0 Å². The Kier molecular flexibility index (Phi) is 6.57. The topological polar surface area (TPSA) is 197 Å². The number of hydrogen-bond acceptors (Lipinski definition) is 8. The highest BCUT2D eigenvalue weighted by Crippen LogP contribution is 2.49. The van der Waals surface area contributed by atoms with E-state index in [1.165, 1.54) is 0 Å². The van der Waals surface area contributed by atoms with Crippen LogP contribution in [0.2, 0.25) is 0 Å². The summed E-state index contributed by atoms with van der Waals surface area (Å²) >= 11 is 0. The molecule has 2 heterocycles. The molecule has 0 spiro atoms. The molecule has 12 nitrogen and oxygen atoms in total. The van der Waals surface area contributed by atoms with Gasteiger partial charge in [-0.3, -0.25) is 14.4 Å². The fraction of sp³-hybridized carbons (Fsp3) is 0.433. The highest BCUT2D eigenvalue weighted by molar-refractivity contribution is 5.94. The Morgan fingerprint density at radius 1 is 1.07 bits per heavy atom. The number of aromatic nitrogens is 4. The second-order valence-corrected chi connectivity index (χ2v) is 12.3. The van der Waals surface area contributed by atoms with Gasteiger partial charge in [0.15, 0.2) is 5.82 Å². The van der Waals surface area contributed by atoms with Crippen LogP contribution in [-0.4, -0.2) is 67.4 Å². The number of aromatic amines is 1. The number of nitriles is 1. The number of carbonyl (C=O) groups is 3. The van der Waals surface area contributed by atoms with Crippen molar-refractivity contribution in [1.82, 2.24) is 30.8 Å². The zero-order valence-electron chi connectivity index (χ0n) is 23.6. The monoisotopic (exact) mass is 567 g/mol. The van der Waals surface area contributed by atoms with Gasteiger partial charge in [-0.25, -0.2) is 5.10 Å². The summed E-state index contributed by atoms with van der Waals surface area (Å²) in [6.45, 7) is 4.09. The van der Waals surface area contributed by atoms with Crippen LogP contribution in [0.3, 0.4) is 0 Å². The quantitative estimate of drug-likeness (QED) is 0.310. The number of fused-ring (bicyclic) bond motifs is 3. The van der Waals surface area contributed by atoms with Gasteiger partial charge in [0.05, 0.1) is 18.0 Å². The number of piperidine rings is 1. The van der Waals surface area contributed by atoms with Crippen molar-refractivity contribution in [2.75, 3.05) is 6.54 Å². The molecule has 3 aliphatic rings. The minimum atomic E-state index is -0.957. The van der Waals surface area contributed by atoms with Gasteiger partial charge in [-0.05, 0) is 109 Å². The number of primary amides is 2. The predicted octanol–water partition coefficient (Wildman–Crippen LogP) is 1.10. The SMILES string of the molecule is CC(C)(CC1(c2nnn[nH]2)c2ccc(C(N)=O)cc2CCc2cc(C(N)=O)ccc21)NCC(=O)N1[C@H](C#N)C[C@@H]2C[C@@H]21. The highest BCUT2D eigenvalue weighted by atomic mass is 16.2. The van der Waals surface area contributed by atoms with Crippen LogP contribution in [-0.2, 0) is 23.1 Å². The molecule has 12 heteroatoms. The van der Waals surface area contributed by atoms with E-state index in [2.05, 4.69) is 32.0 Å². The maximum atomic E-state index is 13.3. The van der Waals surface area contributed by atoms with Crippen molar-refractivity contribution < 1.29 is 14.4 Å². The fourth-order valence-corrected chi connectivity index (χ4v) is 7.09. The first-order valence-corrected chi connectivity index (χ1v) is 14.1. The first-order valence-electron chi connectivity index (χ1n) is 14.1. The summed E-state index contributed by atoms with van der Waals surface area (Å²) < 4.78 is 0. The van der Waals surface area contributed by atoms with Crippen LogP contribution >= 0.6 is 0 Å². The van der Waals surface area contributed by atoms with E-state index < -0.39 is 22.8 Å². The summed E-state index contributed by atoms with van der Waals surface area (Å²) in [5.41, 5.74) is 14.0. The fourth-order valence-electron chi connectivity index (χ4n) is 7.09. The Labute approximate surface area is 242 Å². The Balaban J connectivity index is 1.44. The van der Waals surface area contributed by atoms with Gasteiger partial charge in [0.1, 0.15) is 6.04 Å². The van der Waals surface area contributed by atoms with Gasteiger partial charge in [0.2, 0.25) is 17.7 Å². The molecule has 216 valence electrons. The van der Waals surface area contributed by atoms with E-state index in [-0.39, 0.29) is 24.5 Å². The summed E-state index contributed by atoms with van der Waals surface area (Å²) in [4.78, 5) is 39.3. The third-order valence-electron chi connectivity index (χ3n) is 9.08. The molecule has 3 amide bonds. The standard InChI is InChI=1S/C30H33N9O3/c1-29(2,34-14-25(40)39-21(13-31)11-20-12-24(20)39)15-30(28-35-37-38-36-28)22-7-5-18(26(32)41)9-16(22)3-4-17-10-19(27(33)42)6-8-23(17)30/h5-10,20-21,24,34H,3-4,11-12,14-15H2,1-2H3,(H2,32,41)(H2,33,42)(H,35,36,37,38)/t20-,21+,24+/m1/s1. The third-order valence-corrected chi connectivity index (χ3v) is 9.08. The van der Waals surface area contributed by atoms with Gasteiger partial charge < -0.3 is 21.7 Å². The molecule has 2 aliphatic carbocycles. The number of hydrogen-bond donors (Lipinski definition) is 4. The van der Waals surface area contributed by atoms with Crippen LogP contribution < -0.4 is 16.8 Å². The van der Waals surface area contributed by atoms with Crippen LogP contribution in [0, 0.1) is 17.2 Å². The number of rotatable bonds is 8. The molecule has 1 aromatic heterocycles. The van der Waals surface area contributed by atoms with E-state index in [0.717, 1.165) is 35.1 Å². The third kappa shape index (κ3) is 4.59. The molecular formula is C30H33N9O3. The van der Waals surface area contributed by atoms with E-state index in [1.54, 1.807) is 17.0 Å². The average Bonchev–Trinajstić information content (AvgIpc) is 3.35. The Morgan fingerprint density at radius 2 is 1.69 bits per heavy atom. The van der Waals surface area contributed by atoms with Crippen LogP contribution in [0.4, 0.5) is 0 Å². The molecule has 6 N–H and O–H groups in total. The molecule has 0 bridgehead atoms. The van der Waals surface area contributed by atoms with Crippen molar-refractivity contribution in [2.45, 2.75) is 69.0 Å². The van der Waals surface area contributed by atoms with Crippen molar-refractivity contribution in [3.05, 3.63) is 75.6 Å². The molecule has 0 unspecified atom stereocenters. The van der Waals surface area contributed by atoms with Gasteiger partial charge in [-0.2, -0.15) is 5.26 Å². The minimum Gasteiger partial charge on any atom is -0.366 e. The smallest absolute Gasteiger partial charge is 0.248 e. The van der Waals surface area contributed by atoms with Gasteiger partial charge in [-0.15, -0.1) is 5.10 Å². The predicted molar refractivity (Wildman–Crippen MR) is 151 cm³/mol. The van der Waals surface area contributed by atoms with Crippen molar-refractivity contribution in [3.8, 4) is 6.07 Å². The number of H-pyrrole nitrogens is 1. The molecular weight excluding hydrogens is 534 g/mol. The second-order valence-electron chi connectivity index (χ2n) is 12.3. The van der Waals surface area contributed by atoms with Crippen LogP contribution in [0.1, 0.15) is 81.9 Å². The lowest BCUT2D eigenvalue weighted by molar-refractivity contribution is -0.131. The van der Waals surface area contributed by atoms with Crippen molar-refractivity contribution >= 4 is 17.7 Å². The number of nitrogens with zero attached hydrogens (tertiary/aromatic N) is 5. The van der Waals surface area contributed by atoms with Gasteiger partial charge in [-0.1, -0.05) is 12.1 Å². The van der Waals surface area contributed by atoms with Gasteiger partial charge >= 0.3 is 0 Å². The van der Waals surface area contributed by atoms with Crippen molar-refractivity contribution in [1.29, 1.82) is 5.26 Å². The molecule has 3 aromatic rings. The van der Waals surface area contributed by atoms with E-state index in [4.69, 9.17) is 11.5 Å². The lowest BCUT2D eigenvalue weighted by Crippen LogP contribution is -2.52. The van der Waals surface area contributed by atoms with Gasteiger partial charge in [0.25, 0.3) is 0 Å². The number of nitrogens with one attached hydrogen (secondary N) is 2. The number of benzene rings is 2. The largest absolute Gasteiger partial charge is 0.366 e. The lowest BCUT2D eigenvalue weighted by atomic mass is 9.65. The molecule has 1 aliphatic heterocycles. The highest BCUT2D eigenvalue weighted by Gasteiger charge is 2.54. The summed E-state index contributed by atoms with van der Waals surface area (Å²) in [6, 6.07) is 12.9. The lowest BCUT2D eigenvalue weighted by Gasteiger charge is -2.41. The van der Waals surface area contributed by atoms with Crippen molar-refractivity contribution in [2.24, 2.45) is 17.4 Å². The number of amides is 3. The van der Waals surface area contributed by atoms with E-state index in [9.17, 15) is 19.6 Å². The first-order chi connectivity index (χ1) is 20.0. The molecule has 1 saturated carbocycles. The summed E-state index contributed by atoms with van der Waals surface area (Å²) in [7, 11) is 0. The maximum absolute atomic E-state index is 13.3. The van der Waals surface area contributed by atoms with Crippen LogP contribution in [0.25, 0.3) is 0 Å². The second kappa shape index (κ2) is 10.0. The van der Waals surface area contributed by atoms with Crippen LogP contribution in [0.5, 0.6) is 0 Å². The molecule has 6 rings (SSSR count). The average molecular weight is 568 g/mol. The van der Waals surface area contributed by atoms with Crippen molar-refractivity contribution in [3.63, 3.8) is 0 Å².